The minimum absolute atomic E-state index is 0.0959. The number of rotatable bonds is 10. The van der Waals surface area contributed by atoms with Crippen molar-refractivity contribution in [3.8, 4) is 44.5 Å². The number of halogens is 6. The molecule has 2 aliphatic rings. The molecule has 10 unspecified atom stereocenters. The number of carbonyl (C=O) groups excluding carboxylic acids is 2. The van der Waals surface area contributed by atoms with Crippen molar-refractivity contribution in [3.05, 3.63) is 139 Å². The van der Waals surface area contributed by atoms with Gasteiger partial charge in [-0.1, -0.05) is 76.5 Å². The predicted octanol–water partition coefficient (Wildman–Crippen LogP) is 9.15. The molecule has 83 heavy (non-hydrogen) atoms. The average Bonchev–Trinajstić information content (AvgIpc) is 2.54. The van der Waals surface area contributed by atoms with E-state index in [-0.39, 0.29) is 22.2 Å². The molecular weight excluding hydrogens is 1210 g/mol. The zero-order valence-corrected chi connectivity index (χ0v) is 47.9. The summed E-state index contributed by atoms with van der Waals surface area (Å²) in [6.45, 7) is 0.682. The summed E-state index contributed by atoms with van der Waals surface area (Å²) in [6.07, 6.45) is -2.94. The lowest BCUT2D eigenvalue weighted by Crippen LogP contribution is -2.58. The summed E-state index contributed by atoms with van der Waals surface area (Å²) >= 11 is 37.9. The number of ketones is 1. The fourth-order valence-electron chi connectivity index (χ4n) is 10.5. The Bertz CT molecular complexity index is 4050. The highest BCUT2D eigenvalue weighted by atomic mass is 35.5. The number of nitrogens with zero attached hydrogens (tertiary/aromatic N) is 1. The van der Waals surface area contributed by atoms with Gasteiger partial charge in [0, 0.05) is 136 Å². The number of hydrogen-bond donors (Lipinski definition) is 14. The number of esters is 1. The van der Waals surface area contributed by atoms with Crippen LogP contribution in [-0.2, 0) is 14.2 Å². The summed E-state index contributed by atoms with van der Waals surface area (Å²) < 4.78 is 17.0. The highest BCUT2D eigenvalue weighted by Gasteiger charge is 2.45. The monoisotopic (exact) mass is 1250 g/mol. The Balaban J connectivity index is 0.000000159. The highest BCUT2D eigenvalue weighted by Crippen LogP contribution is 2.47. The van der Waals surface area contributed by atoms with Gasteiger partial charge < -0.3 is 89.7 Å². The van der Waals surface area contributed by atoms with Gasteiger partial charge in [0.05, 0.1) is 51.6 Å². The standard InChI is InChI=1S/C29H26Cl3N3O6.C22H14Cl3N3O2.C6H12O6/c1-2-22(37)25-24(15-8-33-20-4-3-12(30)5-13(15)20)16(9-34-25)17-10-35(21-7-19(32)18(31)6-14(17)21)29-28(40)27(39)26(38)23(11-36)41-29;1-30-22(29)21-20(14-8-26-18-3-2-10(23)4-11(14)18)15(9-28-21)13-7-27-19-6-17(25)16(24)5-12(13)19;7-1-2-3(8)4(9)5(10)6(11)12-2/h3-10,23,26-29,33-34,36,38-40H,2,11H2,1H3;2-9,26-28H,1H3;2-11H,1H2. The van der Waals surface area contributed by atoms with Gasteiger partial charge in [-0.2, -0.15) is 0 Å². The van der Waals surface area contributed by atoms with Crippen molar-refractivity contribution in [1.82, 2.24) is 29.5 Å². The van der Waals surface area contributed by atoms with Gasteiger partial charge in [0.25, 0.3) is 0 Å². The van der Waals surface area contributed by atoms with E-state index in [0.717, 1.165) is 55.0 Å². The summed E-state index contributed by atoms with van der Waals surface area (Å²) in [4.78, 5) is 41.6. The normalized spacial score (nSPS) is 22.7. The quantitative estimate of drug-likeness (QED) is 0.0449. The molecule has 20 nitrogen and oxygen atoms in total. The van der Waals surface area contributed by atoms with E-state index in [1.54, 1.807) is 54.3 Å². The lowest BCUT2D eigenvalue weighted by molar-refractivity contribution is -0.286. The number of nitrogens with one attached hydrogen (secondary N) is 5. The van der Waals surface area contributed by atoms with Crippen LogP contribution in [-0.4, -0.2) is 163 Å². The molecule has 12 rings (SSSR count). The Morgan fingerprint density at radius 3 is 1.57 bits per heavy atom. The molecule has 2 aliphatic heterocycles. The van der Waals surface area contributed by atoms with Crippen LogP contribution >= 0.6 is 69.6 Å². The van der Waals surface area contributed by atoms with Crippen LogP contribution < -0.4 is 0 Å². The van der Waals surface area contributed by atoms with Crippen molar-refractivity contribution < 1.29 is 69.8 Å². The van der Waals surface area contributed by atoms with Gasteiger partial charge in [0.1, 0.15) is 54.5 Å². The maximum atomic E-state index is 13.1. The van der Waals surface area contributed by atoms with Crippen LogP contribution in [0, 0.1) is 0 Å². The van der Waals surface area contributed by atoms with Gasteiger partial charge in [-0.15, -0.1) is 0 Å². The number of aliphatic hydroxyl groups is 9. The molecule has 0 bridgehead atoms. The Kier molecular flexibility index (Phi) is 17.8. The van der Waals surface area contributed by atoms with Crippen molar-refractivity contribution in [2.24, 2.45) is 0 Å². The zero-order valence-electron chi connectivity index (χ0n) is 43.4. The third kappa shape index (κ3) is 11.2. The number of H-pyrrole nitrogens is 5. The lowest BCUT2D eigenvalue weighted by atomic mass is 9.94. The van der Waals surface area contributed by atoms with Gasteiger partial charge in [0.15, 0.2) is 18.3 Å². The fourth-order valence-corrected chi connectivity index (χ4v) is 11.5. The van der Waals surface area contributed by atoms with Gasteiger partial charge >= 0.3 is 5.97 Å². The first-order chi connectivity index (χ1) is 39.7. The molecule has 14 N–H and O–H groups in total. The molecule has 436 valence electrons. The molecule has 8 heterocycles. The number of benzene rings is 4. The molecule has 2 fully saturated rings. The van der Waals surface area contributed by atoms with Gasteiger partial charge in [-0.25, -0.2) is 4.79 Å². The molecule has 26 heteroatoms. The van der Waals surface area contributed by atoms with Crippen LogP contribution in [0.2, 0.25) is 30.1 Å². The molecule has 4 aromatic carbocycles. The molecule has 0 spiro atoms. The number of hydrogen-bond acceptors (Lipinski definition) is 14. The van der Waals surface area contributed by atoms with Crippen LogP contribution in [0.25, 0.3) is 88.1 Å². The second-order valence-corrected chi connectivity index (χ2v) is 22.1. The molecule has 0 saturated carbocycles. The molecule has 0 amide bonds. The predicted molar refractivity (Wildman–Crippen MR) is 315 cm³/mol. The summed E-state index contributed by atoms with van der Waals surface area (Å²) in [7, 11) is 1.35. The van der Waals surface area contributed by atoms with Gasteiger partial charge in [0.2, 0.25) is 0 Å². The average molecular weight is 1260 g/mol. The van der Waals surface area contributed by atoms with E-state index < -0.39 is 80.5 Å². The maximum Gasteiger partial charge on any atom is 0.355 e. The van der Waals surface area contributed by atoms with Crippen LogP contribution in [0.1, 0.15) is 40.5 Å². The molecule has 10 atom stereocenters. The smallest absolute Gasteiger partial charge is 0.355 e. The van der Waals surface area contributed by atoms with Gasteiger partial charge in [-0.3, -0.25) is 4.79 Å². The van der Waals surface area contributed by atoms with Crippen molar-refractivity contribution in [2.45, 2.75) is 74.7 Å². The van der Waals surface area contributed by atoms with Crippen LogP contribution in [0.3, 0.4) is 0 Å². The first kappa shape index (κ1) is 60.2. The number of Topliss-reactive ketones (excluding diaryl/α,β-unsaturated/α-hetero) is 1. The molecule has 10 aromatic rings. The summed E-state index contributed by atoms with van der Waals surface area (Å²) in [5, 5.41) is 92.0. The minimum atomic E-state index is -1.58. The number of ether oxygens (including phenoxy) is 3. The van der Waals surface area contributed by atoms with E-state index in [0.29, 0.717) is 64.6 Å². The summed E-state index contributed by atoms with van der Waals surface area (Å²) in [6, 6.07) is 17.9. The Morgan fingerprint density at radius 2 is 0.988 bits per heavy atom. The number of aliphatic hydroxyl groups excluding tert-OH is 9. The summed E-state index contributed by atoms with van der Waals surface area (Å²) in [5.74, 6) is -0.560. The van der Waals surface area contributed by atoms with Crippen molar-refractivity contribution >= 4 is 125 Å². The summed E-state index contributed by atoms with van der Waals surface area (Å²) in [5.41, 5.74) is 9.79. The van der Waals surface area contributed by atoms with Crippen LogP contribution in [0.15, 0.2) is 97.8 Å². The van der Waals surface area contributed by atoms with Crippen molar-refractivity contribution in [2.75, 3.05) is 20.3 Å². The second-order valence-electron chi connectivity index (χ2n) is 19.6. The zero-order chi connectivity index (χ0) is 59.5. The van der Waals surface area contributed by atoms with E-state index in [2.05, 4.69) is 29.7 Å². The largest absolute Gasteiger partial charge is 0.464 e. The molecule has 0 aliphatic carbocycles. The molecule has 0 radical (unpaired) electrons. The lowest BCUT2D eigenvalue weighted by Gasteiger charge is -2.40. The molecule has 6 aromatic heterocycles. The van der Waals surface area contributed by atoms with E-state index in [1.807, 2.05) is 55.0 Å². The Hall–Kier alpha value is -5.96. The first-order valence-electron chi connectivity index (χ1n) is 25.5. The van der Waals surface area contributed by atoms with Crippen molar-refractivity contribution in [3.63, 3.8) is 0 Å². The topological polar surface area (TPSA) is 328 Å². The van der Waals surface area contributed by atoms with Crippen LogP contribution in [0.5, 0.6) is 0 Å². The second kappa shape index (κ2) is 24.6. The molecule has 2 saturated heterocycles. The number of fused-ring (bicyclic) bond motifs is 4. The minimum Gasteiger partial charge on any atom is -0.464 e. The number of carbonyl (C=O) groups is 2. The van der Waals surface area contributed by atoms with E-state index in [9.17, 15) is 30.0 Å². The maximum absolute atomic E-state index is 13.1. The SMILES string of the molecule is CCC(=O)c1[nH]cc(-c2cn(C3OC(CO)C(O)C(O)C3O)c3cc(Cl)c(Cl)cc23)c1-c1c[nH]c2ccc(Cl)cc12.COC(=O)c1[nH]cc(-c2c[nH]c3cc(Cl)c(Cl)cc23)c1-c1c[nH]c2ccc(Cl)cc12.OCC1OC(O)C(O)C(O)C1O. The number of aromatic nitrogens is 6. The third-order valence-corrected chi connectivity index (χ3v) is 16.7. The fraction of sp³-hybridized carbons (Fsp3) is 0.263. The molecular formula is C57H52Cl6N6O14. The van der Waals surface area contributed by atoms with E-state index >= 15 is 0 Å². The van der Waals surface area contributed by atoms with Gasteiger partial charge in [-0.05, 0) is 60.7 Å². The first-order valence-corrected chi connectivity index (χ1v) is 27.8. The van der Waals surface area contributed by atoms with Crippen molar-refractivity contribution in [1.29, 1.82) is 0 Å². The Morgan fingerprint density at radius 1 is 0.518 bits per heavy atom. The highest BCUT2D eigenvalue weighted by molar-refractivity contribution is 6.43. The third-order valence-electron chi connectivity index (χ3n) is 14.8. The number of aromatic amines is 5. The van der Waals surface area contributed by atoms with E-state index in [4.69, 9.17) is 105 Å². The Labute approximate surface area is 500 Å². The van der Waals surface area contributed by atoms with Crippen LogP contribution in [0.4, 0.5) is 0 Å². The number of methoxy groups -OCH3 is 1. The van der Waals surface area contributed by atoms with E-state index in [1.165, 1.54) is 7.11 Å².